The summed E-state index contributed by atoms with van der Waals surface area (Å²) in [4.78, 5) is 1.46. The van der Waals surface area contributed by atoms with E-state index in [0.29, 0.717) is 6.04 Å². The van der Waals surface area contributed by atoms with E-state index in [0.717, 1.165) is 12.5 Å². The molecule has 0 spiro atoms. The van der Waals surface area contributed by atoms with E-state index in [4.69, 9.17) is 0 Å². The van der Waals surface area contributed by atoms with Crippen LogP contribution in [0.3, 0.4) is 0 Å². The van der Waals surface area contributed by atoms with Gasteiger partial charge in [0.05, 0.1) is 0 Å². The van der Waals surface area contributed by atoms with Crippen molar-refractivity contribution in [2.45, 2.75) is 31.2 Å². The highest BCUT2D eigenvalue weighted by Gasteiger charge is 2.21. The van der Waals surface area contributed by atoms with Gasteiger partial charge in [-0.25, -0.2) is 0 Å². The Morgan fingerprint density at radius 1 is 1.47 bits per heavy atom. The Bertz CT molecular complexity index is 324. The summed E-state index contributed by atoms with van der Waals surface area (Å²) in [5.74, 6) is 1.97. The smallest absolute Gasteiger partial charge is 0.0426 e. The van der Waals surface area contributed by atoms with E-state index >= 15 is 0 Å². The second-order valence-corrected chi connectivity index (χ2v) is 5.38. The molecule has 1 aliphatic heterocycles. The van der Waals surface area contributed by atoms with Crippen LogP contribution in [0.4, 0.5) is 0 Å². The van der Waals surface area contributed by atoms with Crippen molar-refractivity contribution in [2.75, 3.05) is 12.3 Å². The van der Waals surface area contributed by atoms with Gasteiger partial charge in [-0.2, -0.15) is 0 Å². The molecule has 0 saturated heterocycles. The minimum absolute atomic E-state index is 0.570. The van der Waals surface area contributed by atoms with E-state index in [1.54, 1.807) is 0 Å². The number of nitrogens with one attached hydrogen (secondary N) is 1. The maximum absolute atomic E-state index is 3.67. The summed E-state index contributed by atoms with van der Waals surface area (Å²) in [5, 5.41) is 3.67. The van der Waals surface area contributed by atoms with Crippen molar-refractivity contribution in [1.29, 1.82) is 0 Å². The molecule has 0 bridgehead atoms. The fourth-order valence-corrected chi connectivity index (χ4v) is 3.01. The molecule has 0 amide bonds. The SMILES string of the molecule is CCC(C)CNC1CSc2ccccc21. The Hall–Kier alpha value is -0.470. The van der Waals surface area contributed by atoms with Gasteiger partial charge < -0.3 is 5.32 Å². The molecule has 1 aliphatic rings. The average Bonchev–Trinajstić information content (AvgIpc) is 2.69. The maximum Gasteiger partial charge on any atom is 0.0426 e. The van der Waals surface area contributed by atoms with Crippen LogP contribution in [0.15, 0.2) is 29.2 Å². The molecule has 2 atom stereocenters. The fourth-order valence-electron chi connectivity index (χ4n) is 1.82. The van der Waals surface area contributed by atoms with Crippen molar-refractivity contribution >= 4 is 11.8 Å². The van der Waals surface area contributed by atoms with Gasteiger partial charge in [0, 0.05) is 16.7 Å². The summed E-state index contributed by atoms with van der Waals surface area (Å²) in [6.07, 6.45) is 1.26. The quantitative estimate of drug-likeness (QED) is 0.835. The zero-order valence-corrected chi connectivity index (χ0v) is 10.3. The van der Waals surface area contributed by atoms with Gasteiger partial charge in [-0.1, -0.05) is 38.5 Å². The highest BCUT2D eigenvalue weighted by molar-refractivity contribution is 7.99. The summed E-state index contributed by atoms with van der Waals surface area (Å²) < 4.78 is 0. The molecule has 1 heterocycles. The first-order valence-electron chi connectivity index (χ1n) is 5.76. The Morgan fingerprint density at radius 2 is 2.27 bits per heavy atom. The lowest BCUT2D eigenvalue weighted by atomic mass is 10.1. The first-order valence-corrected chi connectivity index (χ1v) is 6.75. The van der Waals surface area contributed by atoms with Gasteiger partial charge in [0.1, 0.15) is 0 Å². The molecule has 1 aromatic rings. The Balaban J connectivity index is 1.96. The van der Waals surface area contributed by atoms with Crippen LogP contribution in [0.2, 0.25) is 0 Å². The topological polar surface area (TPSA) is 12.0 Å². The fraction of sp³-hybridized carbons (Fsp3) is 0.538. The van der Waals surface area contributed by atoms with E-state index in [9.17, 15) is 0 Å². The minimum Gasteiger partial charge on any atom is -0.309 e. The third kappa shape index (κ3) is 2.56. The number of benzene rings is 1. The van der Waals surface area contributed by atoms with Crippen molar-refractivity contribution in [2.24, 2.45) is 5.92 Å². The van der Waals surface area contributed by atoms with Gasteiger partial charge in [0.15, 0.2) is 0 Å². The van der Waals surface area contributed by atoms with Crippen molar-refractivity contribution in [1.82, 2.24) is 5.32 Å². The van der Waals surface area contributed by atoms with Gasteiger partial charge in [-0.15, -0.1) is 11.8 Å². The number of fused-ring (bicyclic) bond motifs is 1. The first-order chi connectivity index (χ1) is 7.31. The molecule has 0 radical (unpaired) electrons. The van der Waals surface area contributed by atoms with E-state index < -0.39 is 0 Å². The summed E-state index contributed by atoms with van der Waals surface area (Å²) in [6.45, 7) is 5.70. The second-order valence-electron chi connectivity index (χ2n) is 4.32. The first kappa shape index (κ1) is 11.0. The van der Waals surface area contributed by atoms with Gasteiger partial charge in [-0.3, -0.25) is 0 Å². The summed E-state index contributed by atoms with van der Waals surface area (Å²) in [5.41, 5.74) is 1.49. The van der Waals surface area contributed by atoms with Crippen LogP contribution in [0.1, 0.15) is 31.9 Å². The summed E-state index contributed by atoms with van der Waals surface area (Å²) in [6, 6.07) is 9.32. The predicted octanol–water partition coefficient (Wildman–Crippen LogP) is 3.47. The van der Waals surface area contributed by atoms with Crippen LogP contribution in [0, 0.1) is 5.92 Å². The lowest BCUT2D eigenvalue weighted by Crippen LogP contribution is -2.26. The highest BCUT2D eigenvalue weighted by atomic mass is 32.2. The van der Waals surface area contributed by atoms with Crippen molar-refractivity contribution in [3.63, 3.8) is 0 Å². The standard InChI is InChI=1S/C13H19NS/c1-3-10(2)8-14-12-9-15-13-7-5-4-6-11(12)13/h4-7,10,12,14H,3,8-9H2,1-2H3. The lowest BCUT2D eigenvalue weighted by Gasteiger charge is -2.16. The molecule has 82 valence electrons. The molecule has 0 aliphatic carbocycles. The number of hydrogen-bond donors (Lipinski definition) is 1. The Kier molecular flexibility index (Phi) is 3.71. The number of hydrogen-bond acceptors (Lipinski definition) is 2. The Labute approximate surface area is 96.7 Å². The number of rotatable bonds is 4. The third-order valence-corrected chi connectivity index (χ3v) is 4.29. The zero-order chi connectivity index (χ0) is 10.7. The van der Waals surface area contributed by atoms with Crippen molar-refractivity contribution in [3.8, 4) is 0 Å². The molecule has 15 heavy (non-hydrogen) atoms. The molecule has 0 fully saturated rings. The predicted molar refractivity (Wildman–Crippen MR) is 67.4 cm³/mol. The second kappa shape index (κ2) is 5.04. The monoisotopic (exact) mass is 221 g/mol. The van der Waals surface area contributed by atoms with E-state index in [2.05, 4.69) is 43.4 Å². The number of thioether (sulfide) groups is 1. The van der Waals surface area contributed by atoms with Gasteiger partial charge in [-0.05, 0) is 24.1 Å². The third-order valence-electron chi connectivity index (χ3n) is 3.11. The molecule has 2 heteroatoms. The van der Waals surface area contributed by atoms with Gasteiger partial charge >= 0.3 is 0 Å². The summed E-state index contributed by atoms with van der Waals surface area (Å²) >= 11 is 1.97. The highest BCUT2D eigenvalue weighted by Crippen LogP contribution is 2.37. The average molecular weight is 221 g/mol. The van der Waals surface area contributed by atoms with Crippen LogP contribution in [0.5, 0.6) is 0 Å². The van der Waals surface area contributed by atoms with Crippen LogP contribution in [0.25, 0.3) is 0 Å². The zero-order valence-electron chi connectivity index (χ0n) is 9.49. The summed E-state index contributed by atoms with van der Waals surface area (Å²) in [7, 11) is 0. The molecule has 1 aromatic carbocycles. The van der Waals surface area contributed by atoms with Gasteiger partial charge in [0.25, 0.3) is 0 Å². The molecular formula is C13H19NS. The van der Waals surface area contributed by atoms with Crippen LogP contribution >= 0.6 is 11.8 Å². The molecule has 0 aromatic heterocycles. The molecule has 1 nitrogen and oxygen atoms in total. The van der Waals surface area contributed by atoms with Crippen LogP contribution in [-0.4, -0.2) is 12.3 Å². The molecule has 2 unspecified atom stereocenters. The normalized spacial score (nSPS) is 21.3. The largest absolute Gasteiger partial charge is 0.309 e. The lowest BCUT2D eigenvalue weighted by molar-refractivity contribution is 0.464. The van der Waals surface area contributed by atoms with E-state index in [1.807, 2.05) is 11.8 Å². The van der Waals surface area contributed by atoms with Gasteiger partial charge in [0.2, 0.25) is 0 Å². The molecule has 1 N–H and O–H groups in total. The molecule has 2 rings (SSSR count). The maximum atomic E-state index is 3.67. The van der Waals surface area contributed by atoms with E-state index in [1.165, 1.54) is 22.6 Å². The van der Waals surface area contributed by atoms with Crippen LogP contribution < -0.4 is 5.32 Å². The Morgan fingerprint density at radius 3 is 3.07 bits per heavy atom. The molecular weight excluding hydrogens is 202 g/mol. The van der Waals surface area contributed by atoms with Crippen molar-refractivity contribution in [3.05, 3.63) is 29.8 Å². The molecule has 0 saturated carbocycles. The van der Waals surface area contributed by atoms with Crippen LogP contribution in [-0.2, 0) is 0 Å². The van der Waals surface area contributed by atoms with E-state index in [-0.39, 0.29) is 0 Å². The minimum atomic E-state index is 0.570. The van der Waals surface area contributed by atoms with Crippen molar-refractivity contribution < 1.29 is 0 Å².